The molecule has 1 unspecified atom stereocenters. The van der Waals surface area contributed by atoms with E-state index in [2.05, 4.69) is 5.43 Å². The lowest BCUT2D eigenvalue weighted by molar-refractivity contribution is 0.401. The first kappa shape index (κ1) is 14.7. The molecular weight excluding hydrogens is 286 g/mol. The lowest BCUT2D eigenvalue weighted by Crippen LogP contribution is -2.30. The van der Waals surface area contributed by atoms with Crippen molar-refractivity contribution in [1.29, 1.82) is 0 Å². The third-order valence-electron chi connectivity index (χ3n) is 2.94. The van der Waals surface area contributed by atoms with Gasteiger partial charge in [-0.05, 0) is 36.4 Å². The number of ether oxygens (including phenoxy) is 1. The Morgan fingerprint density at radius 3 is 2.55 bits per heavy atom. The van der Waals surface area contributed by atoms with E-state index in [9.17, 15) is 8.78 Å². The van der Waals surface area contributed by atoms with E-state index in [1.54, 1.807) is 0 Å². The maximum Gasteiger partial charge on any atom is 0.128 e. The molecule has 20 heavy (non-hydrogen) atoms. The molecule has 0 bridgehead atoms. The topological polar surface area (TPSA) is 47.3 Å². The van der Waals surface area contributed by atoms with Gasteiger partial charge in [-0.3, -0.25) is 5.84 Å². The van der Waals surface area contributed by atoms with Gasteiger partial charge < -0.3 is 4.74 Å². The Balaban J connectivity index is 2.57. The lowest BCUT2D eigenvalue weighted by Gasteiger charge is -2.20. The number of methoxy groups -OCH3 is 1. The van der Waals surface area contributed by atoms with Gasteiger partial charge in [0.15, 0.2) is 0 Å². The highest BCUT2D eigenvalue weighted by molar-refractivity contribution is 6.30. The van der Waals surface area contributed by atoms with Crippen LogP contribution in [0.3, 0.4) is 0 Å². The number of hydrogen-bond donors (Lipinski definition) is 2. The molecule has 0 saturated heterocycles. The molecule has 106 valence electrons. The first-order valence-electron chi connectivity index (χ1n) is 5.81. The summed E-state index contributed by atoms with van der Waals surface area (Å²) in [5.41, 5.74) is 3.06. The molecule has 0 aromatic heterocycles. The number of halogens is 3. The first-order valence-corrected chi connectivity index (χ1v) is 6.19. The molecule has 0 heterocycles. The lowest BCUT2D eigenvalue weighted by atomic mass is 9.97. The van der Waals surface area contributed by atoms with Crippen molar-refractivity contribution in [3.63, 3.8) is 0 Å². The van der Waals surface area contributed by atoms with Gasteiger partial charge in [0.2, 0.25) is 0 Å². The zero-order valence-electron chi connectivity index (χ0n) is 10.7. The minimum Gasteiger partial charge on any atom is -0.496 e. The molecular formula is C14H13ClF2N2O. The van der Waals surface area contributed by atoms with Gasteiger partial charge in [0.1, 0.15) is 17.4 Å². The van der Waals surface area contributed by atoms with Gasteiger partial charge >= 0.3 is 0 Å². The molecule has 0 aliphatic heterocycles. The van der Waals surface area contributed by atoms with Crippen LogP contribution in [0.5, 0.6) is 5.75 Å². The van der Waals surface area contributed by atoms with Crippen LogP contribution in [-0.2, 0) is 0 Å². The van der Waals surface area contributed by atoms with Crippen LogP contribution in [0.15, 0.2) is 36.4 Å². The van der Waals surface area contributed by atoms with Crippen molar-refractivity contribution >= 4 is 11.6 Å². The monoisotopic (exact) mass is 298 g/mol. The fourth-order valence-electron chi connectivity index (χ4n) is 2.01. The molecule has 0 aliphatic carbocycles. The minimum atomic E-state index is -0.778. The van der Waals surface area contributed by atoms with Crippen LogP contribution in [-0.4, -0.2) is 7.11 Å². The van der Waals surface area contributed by atoms with Crippen molar-refractivity contribution < 1.29 is 13.5 Å². The van der Waals surface area contributed by atoms with Crippen molar-refractivity contribution in [2.45, 2.75) is 6.04 Å². The summed E-state index contributed by atoms with van der Waals surface area (Å²) < 4.78 is 32.5. The molecule has 3 N–H and O–H groups in total. The number of hydrazine groups is 1. The second-order valence-electron chi connectivity index (χ2n) is 4.15. The molecule has 0 aliphatic rings. The van der Waals surface area contributed by atoms with Crippen LogP contribution in [0, 0.1) is 11.6 Å². The van der Waals surface area contributed by atoms with Gasteiger partial charge in [-0.2, -0.15) is 0 Å². The summed E-state index contributed by atoms with van der Waals surface area (Å²) in [5.74, 6) is 4.92. The Bertz CT molecular complexity index is 622. The number of nitrogens with one attached hydrogen (secondary N) is 1. The highest BCUT2D eigenvalue weighted by atomic mass is 35.5. The Labute approximate surface area is 120 Å². The Morgan fingerprint density at radius 2 is 1.90 bits per heavy atom. The second-order valence-corrected chi connectivity index (χ2v) is 4.59. The van der Waals surface area contributed by atoms with Crippen LogP contribution >= 0.6 is 11.6 Å². The zero-order chi connectivity index (χ0) is 14.7. The van der Waals surface area contributed by atoms with Crippen LogP contribution in [0.2, 0.25) is 5.02 Å². The Kier molecular flexibility index (Phi) is 4.54. The van der Waals surface area contributed by atoms with E-state index < -0.39 is 17.7 Å². The predicted molar refractivity (Wildman–Crippen MR) is 73.5 cm³/mol. The average Bonchev–Trinajstić information content (AvgIpc) is 2.44. The van der Waals surface area contributed by atoms with E-state index >= 15 is 0 Å². The standard InChI is InChI=1S/C14H13ClF2N2O/c1-20-13-5-3-9(16)7-11(13)14(19-18)10-6-8(15)2-4-12(10)17/h2-7,14,19H,18H2,1H3. The van der Waals surface area contributed by atoms with E-state index in [1.807, 2.05) is 0 Å². The minimum absolute atomic E-state index is 0.212. The second kappa shape index (κ2) is 6.17. The van der Waals surface area contributed by atoms with E-state index in [-0.39, 0.29) is 5.56 Å². The van der Waals surface area contributed by atoms with Gasteiger partial charge in [-0.25, -0.2) is 14.2 Å². The average molecular weight is 299 g/mol. The number of nitrogens with two attached hydrogens (primary N) is 1. The molecule has 0 amide bonds. The maximum absolute atomic E-state index is 13.9. The normalized spacial score (nSPS) is 12.2. The molecule has 0 spiro atoms. The van der Waals surface area contributed by atoms with E-state index in [4.69, 9.17) is 22.2 Å². The molecule has 3 nitrogen and oxygen atoms in total. The van der Waals surface area contributed by atoms with Crippen molar-refractivity contribution in [1.82, 2.24) is 5.43 Å². The molecule has 6 heteroatoms. The Morgan fingerprint density at radius 1 is 1.15 bits per heavy atom. The van der Waals surface area contributed by atoms with Gasteiger partial charge in [0.05, 0.1) is 13.2 Å². The molecule has 0 saturated carbocycles. The maximum atomic E-state index is 13.9. The summed E-state index contributed by atoms with van der Waals surface area (Å²) in [4.78, 5) is 0. The van der Waals surface area contributed by atoms with E-state index in [1.165, 1.54) is 43.5 Å². The summed E-state index contributed by atoms with van der Waals surface area (Å²) in [6.45, 7) is 0. The van der Waals surface area contributed by atoms with Gasteiger partial charge in [-0.15, -0.1) is 0 Å². The highest BCUT2D eigenvalue weighted by Gasteiger charge is 2.21. The van der Waals surface area contributed by atoms with E-state index in [0.717, 1.165) is 0 Å². The molecule has 2 rings (SSSR count). The first-order chi connectivity index (χ1) is 9.56. The molecule has 1 atom stereocenters. The van der Waals surface area contributed by atoms with E-state index in [0.29, 0.717) is 16.3 Å². The largest absolute Gasteiger partial charge is 0.496 e. The smallest absolute Gasteiger partial charge is 0.128 e. The van der Waals surface area contributed by atoms with Gasteiger partial charge in [-0.1, -0.05) is 11.6 Å². The molecule has 0 radical (unpaired) electrons. The third kappa shape index (κ3) is 2.90. The summed E-state index contributed by atoms with van der Waals surface area (Å²) in [5, 5.41) is 0.358. The van der Waals surface area contributed by atoms with Crippen molar-refractivity contribution in [3.8, 4) is 5.75 Å². The van der Waals surface area contributed by atoms with Crippen LogP contribution in [0.25, 0.3) is 0 Å². The molecule has 2 aromatic carbocycles. The quantitative estimate of drug-likeness (QED) is 0.673. The number of hydrogen-bond acceptors (Lipinski definition) is 3. The summed E-state index contributed by atoms with van der Waals surface area (Å²) in [6, 6.07) is 7.26. The van der Waals surface area contributed by atoms with Crippen LogP contribution < -0.4 is 16.0 Å². The van der Waals surface area contributed by atoms with Crippen LogP contribution in [0.4, 0.5) is 8.78 Å². The van der Waals surface area contributed by atoms with Crippen LogP contribution in [0.1, 0.15) is 17.2 Å². The SMILES string of the molecule is COc1ccc(F)cc1C(NN)c1cc(Cl)ccc1F. The third-order valence-corrected chi connectivity index (χ3v) is 3.17. The van der Waals surface area contributed by atoms with Crippen molar-refractivity contribution in [2.75, 3.05) is 7.11 Å². The molecule has 0 fully saturated rings. The summed E-state index contributed by atoms with van der Waals surface area (Å²) in [7, 11) is 1.44. The summed E-state index contributed by atoms with van der Waals surface area (Å²) in [6.07, 6.45) is 0. The number of benzene rings is 2. The Hall–Kier alpha value is -1.69. The van der Waals surface area contributed by atoms with Crippen molar-refractivity contribution in [2.24, 2.45) is 5.84 Å². The predicted octanol–water partition coefficient (Wildman–Crippen LogP) is 3.18. The zero-order valence-corrected chi connectivity index (χ0v) is 11.4. The summed E-state index contributed by atoms with van der Waals surface area (Å²) >= 11 is 5.87. The van der Waals surface area contributed by atoms with Gasteiger partial charge in [0, 0.05) is 16.1 Å². The number of rotatable bonds is 4. The van der Waals surface area contributed by atoms with Gasteiger partial charge in [0.25, 0.3) is 0 Å². The fourth-order valence-corrected chi connectivity index (χ4v) is 2.19. The van der Waals surface area contributed by atoms with Crippen molar-refractivity contribution in [3.05, 3.63) is 64.2 Å². The fraction of sp³-hybridized carbons (Fsp3) is 0.143. The highest BCUT2D eigenvalue weighted by Crippen LogP contribution is 2.32. The molecule has 2 aromatic rings.